The van der Waals surface area contributed by atoms with Crippen LogP contribution >= 0.6 is 0 Å². The van der Waals surface area contributed by atoms with Crippen LogP contribution in [0.5, 0.6) is 11.5 Å². The maximum Gasteiger partial charge on any atom is 0.297 e. The normalized spacial score (nSPS) is 11.6. The lowest BCUT2D eigenvalue weighted by Crippen LogP contribution is -2.21. The third kappa shape index (κ3) is 8.74. The zero-order valence-corrected chi connectivity index (χ0v) is 23.8. The number of allylic oxidation sites excluding steroid dienone is 3. The Hall–Kier alpha value is -4.06. The molecule has 206 valence electrons. The first-order valence-electron chi connectivity index (χ1n) is 13.6. The second-order valence-electron chi connectivity index (χ2n) is 9.87. The van der Waals surface area contributed by atoms with Gasteiger partial charge < -0.3 is 19.4 Å². The van der Waals surface area contributed by atoms with Gasteiger partial charge in [-0.3, -0.25) is 9.59 Å². The van der Waals surface area contributed by atoms with Crippen LogP contribution in [-0.4, -0.2) is 23.7 Å². The molecular formula is C33H40N2O4. The van der Waals surface area contributed by atoms with Crippen LogP contribution in [0.1, 0.15) is 58.9 Å². The van der Waals surface area contributed by atoms with Gasteiger partial charge in [-0.1, -0.05) is 60.9 Å². The topological polar surface area (TPSA) is 69.6 Å². The lowest BCUT2D eigenvalue weighted by atomic mass is 10.1. The van der Waals surface area contributed by atoms with Crippen molar-refractivity contribution in [3.05, 3.63) is 93.8 Å². The Morgan fingerprint density at radius 1 is 1.00 bits per heavy atom. The second kappa shape index (κ2) is 14.8. The maximum atomic E-state index is 13.4. The number of aryl methyl sites for hydroxylation is 1. The zero-order chi connectivity index (χ0) is 28.2. The van der Waals surface area contributed by atoms with Crippen LogP contribution in [0.15, 0.2) is 82.7 Å². The van der Waals surface area contributed by atoms with Crippen LogP contribution in [0.2, 0.25) is 0 Å². The number of amides is 1. The van der Waals surface area contributed by atoms with Crippen molar-refractivity contribution >= 4 is 28.6 Å². The highest BCUT2D eigenvalue weighted by Gasteiger charge is 2.19. The van der Waals surface area contributed by atoms with E-state index < -0.39 is 0 Å². The van der Waals surface area contributed by atoms with Crippen LogP contribution in [0, 0.1) is 0 Å². The van der Waals surface area contributed by atoms with E-state index >= 15 is 0 Å². The molecule has 3 rings (SSSR count). The predicted octanol–water partition coefficient (Wildman–Crippen LogP) is 7.44. The Labute approximate surface area is 231 Å². The minimum absolute atomic E-state index is 0.206. The molecule has 0 aliphatic heterocycles. The molecule has 1 N–H and O–H groups in total. The standard InChI is InChI=1S/C33H40N2O4/c1-6-7-21-38-31-28-18-17-27(34-30(36)19-16-26-14-9-8-10-15-26)23-29(28)35(5)33(37)32(31)39-22-20-25(4)13-11-12-24(2)3/h8-10,12,14-20,23H,6-7,11,13,21-22H2,1-5H3,(H,34,36). The molecule has 39 heavy (non-hydrogen) atoms. The third-order valence-electron chi connectivity index (χ3n) is 6.30. The van der Waals surface area contributed by atoms with Crippen molar-refractivity contribution in [2.24, 2.45) is 7.05 Å². The third-order valence-corrected chi connectivity index (χ3v) is 6.30. The number of anilines is 1. The molecule has 0 fully saturated rings. The van der Waals surface area contributed by atoms with Gasteiger partial charge in [-0.05, 0) is 75.9 Å². The molecule has 0 saturated carbocycles. The highest BCUT2D eigenvalue weighted by molar-refractivity contribution is 6.03. The first-order chi connectivity index (χ1) is 18.8. The number of benzene rings is 2. The van der Waals surface area contributed by atoms with E-state index in [9.17, 15) is 9.59 Å². The van der Waals surface area contributed by atoms with Crippen molar-refractivity contribution in [1.29, 1.82) is 0 Å². The Kier molecular flexibility index (Phi) is 11.2. The molecule has 0 bridgehead atoms. The van der Waals surface area contributed by atoms with Crippen molar-refractivity contribution in [1.82, 2.24) is 4.57 Å². The first-order valence-corrected chi connectivity index (χ1v) is 13.6. The second-order valence-corrected chi connectivity index (χ2v) is 9.87. The van der Waals surface area contributed by atoms with Crippen molar-refractivity contribution < 1.29 is 14.3 Å². The summed E-state index contributed by atoms with van der Waals surface area (Å²) in [5.74, 6) is 0.394. The molecule has 0 aliphatic rings. The van der Waals surface area contributed by atoms with Gasteiger partial charge in [0.1, 0.15) is 6.61 Å². The molecule has 3 aromatic rings. The maximum absolute atomic E-state index is 13.4. The Morgan fingerprint density at radius 2 is 1.77 bits per heavy atom. The summed E-state index contributed by atoms with van der Waals surface area (Å²) in [6, 6.07) is 15.1. The summed E-state index contributed by atoms with van der Waals surface area (Å²) >= 11 is 0. The van der Waals surface area contributed by atoms with Gasteiger partial charge in [-0.2, -0.15) is 0 Å². The van der Waals surface area contributed by atoms with Crippen LogP contribution < -0.4 is 20.3 Å². The molecule has 0 unspecified atom stereocenters. The van der Waals surface area contributed by atoms with Gasteiger partial charge >= 0.3 is 0 Å². The SMILES string of the molecule is CCCCOc1c(OCC=C(C)CCC=C(C)C)c(=O)n(C)c2cc(NC(=O)C=Cc3ccccc3)ccc12. The molecule has 0 atom stereocenters. The Bertz CT molecular complexity index is 1410. The van der Waals surface area contributed by atoms with E-state index in [1.54, 1.807) is 19.2 Å². The Morgan fingerprint density at radius 3 is 2.49 bits per heavy atom. The fraction of sp³-hybridized carbons (Fsp3) is 0.333. The molecule has 6 nitrogen and oxygen atoms in total. The van der Waals surface area contributed by atoms with Gasteiger partial charge in [0.2, 0.25) is 11.7 Å². The number of rotatable bonds is 13. The average molecular weight is 529 g/mol. The van der Waals surface area contributed by atoms with E-state index in [-0.39, 0.29) is 23.8 Å². The van der Waals surface area contributed by atoms with Crippen LogP contribution in [-0.2, 0) is 11.8 Å². The smallest absolute Gasteiger partial charge is 0.297 e. The van der Waals surface area contributed by atoms with E-state index in [0.717, 1.165) is 36.6 Å². The molecule has 1 heterocycles. The van der Waals surface area contributed by atoms with E-state index in [1.165, 1.54) is 21.8 Å². The molecule has 0 radical (unpaired) electrons. The summed E-state index contributed by atoms with van der Waals surface area (Å²) in [6.07, 6.45) is 11.2. The molecule has 0 spiro atoms. The van der Waals surface area contributed by atoms with Crippen molar-refractivity contribution in [2.75, 3.05) is 18.5 Å². The first kappa shape index (κ1) is 29.5. The summed E-state index contributed by atoms with van der Waals surface area (Å²) in [5, 5.41) is 3.64. The van der Waals surface area contributed by atoms with Gasteiger partial charge in [0.15, 0.2) is 5.75 Å². The lowest BCUT2D eigenvalue weighted by Gasteiger charge is -2.17. The summed E-state index contributed by atoms with van der Waals surface area (Å²) in [5.41, 5.74) is 4.41. The molecule has 6 heteroatoms. The average Bonchev–Trinajstić information content (AvgIpc) is 2.92. The quantitative estimate of drug-likeness (QED) is 0.142. The minimum atomic E-state index is -0.281. The molecule has 1 amide bonds. The van der Waals surface area contributed by atoms with E-state index in [1.807, 2.05) is 48.5 Å². The summed E-state index contributed by atoms with van der Waals surface area (Å²) < 4.78 is 13.7. The van der Waals surface area contributed by atoms with Crippen molar-refractivity contribution in [3.63, 3.8) is 0 Å². The number of ether oxygens (including phenoxy) is 2. The van der Waals surface area contributed by atoms with E-state index in [2.05, 4.69) is 39.1 Å². The van der Waals surface area contributed by atoms with Gasteiger partial charge in [0, 0.05) is 24.2 Å². The summed E-state index contributed by atoms with van der Waals surface area (Å²) in [6.45, 7) is 9.12. The number of fused-ring (bicyclic) bond motifs is 1. The molecule has 2 aromatic carbocycles. The van der Waals surface area contributed by atoms with Crippen molar-refractivity contribution in [2.45, 2.75) is 53.4 Å². The van der Waals surface area contributed by atoms with Crippen LogP contribution in [0.4, 0.5) is 5.69 Å². The van der Waals surface area contributed by atoms with Gasteiger partial charge in [-0.15, -0.1) is 0 Å². The monoisotopic (exact) mass is 528 g/mol. The number of hydrogen-bond donors (Lipinski definition) is 1. The number of hydrogen-bond acceptors (Lipinski definition) is 4. The molecule has 0 saturated heterocycles. The molecule has 1 aromatic heterocycles. The molecular weight excluding hydrogens is 488 g/mol. The van der Waals surface area contributed by atoms with Crippen LogP contribution in [0.25, 0.3) is 17.0 Å². The van der Waals surface area contributed by atoms with Crippen LogP contribution in [0.3, 0.4) is 0 Å². The summed E-state index contributed by atoms with van der Waals surface area (Å²) in [4.78, 5) is 25.9. The largest absolute Gasteiger partial charge is 0.489 e. The summed E-state index contributed by atoms with van der Waals surface area (Å²) in [7, 11) is 1.70. The number of unbranched alkanes of at least 4 members (excludes halogenated alkanes) is 1. The Balaban J connectivity index is 1.86. The fourth-order valence-electron chi connectivity index (χ4n) is 4.03. The fourth-order valence-corrected chi connectivity index (χ4v) is 4.03. The van der Waals surface area contributed by atoms with Crippen molar-refractivity contribution in [3.8, 4) is 11.5 Å². The highest BCUT2D eigenvalue weighted by atomic mass is 16.5. The minimum Gasteiger partial charge on any atom is -0.489 e. The number of carbonyl (C=O) groups excluding carboxylic acids is 1. The predicted molar refractivity (Wildman–Crippen MR) is 162 cm³/mol. The molecule has 0 aliphatic carbocycles. The van der Waals surface area contributed by atoms with E-state index in [0.29, 0.717) is 23.6 Å². The highest BCUT2D eigenvalue weighted by Crippen LogP contribution is 2.34. The van der Waals surface area contributed by atoms with E-state index in [4.69, 9.17) is 9.47 Å². The van der Waals surface area contributed by atoms with Gasteiger partial charge in [0.25, 0.3) is 5.56 Å². The van der Waals surface area contributed by atoms with Gasteiger partial charge in [-0.25, -0.2) is 0 Å². The number of nitrogens with one attached hydrogen (secondary N) is 1. The number of carbonyl (C=O) groups is 1. The number of pyridine rings is 1. The zero-order valence-electron chi connectivity index (χ0n) is 23.8. The lowest BCUT2D eigenvalue weighted by molar-refractivity contribution is -0.111. The number of nitrogens with zero attached hydrogens (tertiary/aromatic N) is 1. The number of aromatic nitrogens is 1. The van der Waals surface area contributed by atoms with Gasteiger partial charge in [0.05, 0.1) is 12.1 Å².